The molecule has 1 atom stereocenters. The van der Waals surface area contributed by atoms with E-state index in [-0.39, 0.29) is 5.38 Å². The molecule has 2 heterocycles. The maximum atomic E-state index is 6.22. The highest BCUT2D eigenvalue weighted by Gasteiger charge is 2.29. The Morgan fingerprint density at radius 2 is 2.31 bits per heavy atom. The third-order valence-electron chi connectivity index (χ3n) is 2.82. The Bertz CT molecular complexity index is 493. The van der Waals surface area contributed by atoms with Crippen LogP contribution in [-0.4, -0.2) is 31.9 Å². The van der Waals surface area contributed by atoms with E-state index >= 15 is 0 Å². The van der Waals surface area contributed by atoms with Gasteiger partial charge in [-0.25, -0.2) is 15.0 Å². The molecular formula is C10H12ClN5. The van der Waals surface area contributed by atoms with E-state index in [0.29, 0.717) is 11.6 Å². The molecule has 0 saturated heterocycles. The number of anilines is 1. The summed E-state index contributed by atoms with van der Waals surface area (Å²) in [5, 5.41) is 3.43. The first-order valence-electron chi connectivity index (χ1n) is 5.36. The van der Waals surface area contributed by atoms with Crippen molar-refractivity contribution in [3.8, 4) is 0 Å². The van der Waals surface area contributed by atoms with Gasteiger partial charge in [0.1, 0.15) is 11.8 Å². The first-order valence-corrected chi connectivity index (χ1v) is 5.80. The summed E-state index contributed by atoms with van der Waals surface area (Å²) in [7, 11) is 0. The minimum atomic E-state index is 0.188. The molecule has 2 N–H and O–H groups in total. The van der Waals surface area contributed by atoms with Crippen molar-refractivity contribution in [2.45, 2.75) is 18.2 Å². The highest BCUT2D eigenvalue weighted by Crippen LogP contribution is 2.35. The number of alkyl halides is 1. The Balaban J connectivity index is 1.75. The SMILES string of the molecule is ClC(CNc1ncnc2nc[nH]c12)C1CC1. The molecule has 0 bridgehead atoms. The molecule has 0 aromatic carbocycles. The number of hydrogen-bond donors (Lipinski definition) is 2. The van der Waals surface area contributed by atoms with E-state index in [1.165, 1.54) is 19.2 Å². The molecule has 0 aliphatic heterocycles. The normalized spacial score (nSPS) is 17.6. The summed E-state index contributed by atoms with van der Waals surface area (Å²) in [6.45, 7) is 0.733. The minimum Gasteiger partial charge on any atom is -0.367 e. The van der Waals surface area contributed by atoms with Crippen LogP contribution in [0.5, 0.6) is 0 Å². The van der Waals surface area contributed by atoms with Crippen LogP contribution in [0.15, 0.2) is 12.7 Å². The van der Waals surface area contributed by atoms with Gasteiger partial charge in [0.15, 0.2) is 11.5 Å². The Hall–Kier alpha value is -1.36. The summed E-state index contributed by atoms with van der Waals surface area (Å²) in [6.07, 6.45) is 5.62. The summed E-state index contributed by atoms with van der Waals surface area (Å²) in [4.78, 5) is 15.3. The van der Waals surface area contributed by atoms with Gasteiger partial charge in [0.25, 0.3) is 0 Å². The molecule has 1 aliphatic rings. The van der Waals surface area contributed by atoms with Crippen LogP contribution in [0.4, 0.5) is 5.82 Å². The van der Waals surface area contributed by atoms with Crippen LogP contribution in [0, 0.1) is 5.92 Å². The van der Waals surface area contributed by atoms with E-state index in [4.69, 9.17) is 11.6 Å². The average Bonchev–Trinajstić information content (AvgIpc) is 3.04. The minimum absolute atomic E-state index is 0.188. The van der Waals surface area contributed by atoms with Gasteiger partial charge in [0, 0.05) is 6.54 Å². The maximum absolute atomic E-state index is 6.22. The lowest BCUT2D eigenvalue weighted by Gasteiger charge is -2.09. The van der Waals surface area contributed by atoms with Gasteiger partial charge >= 0.3 is 0 Å². The molecule has 1 aliphatic carbocycles. The summed E-state index contributed by atoms with van der Waals surface area (Å²) in [5.41, 5.74) is 1.51. The summed E-state index contributed by atoms with van der Waals surface area (Å²) >= 11 is 6.22. The predicted octanol–water partition coefficient (Wildman–Crippen LogP) is 1.78. The monoisotopic (exact) mass is 237 g/mol. The average molecular weight is 238 g/mol. The smallest absolute Gasteiger partial charge is 0.182 e. The standard InChI is InChI=1S/C10H12ClN5/c11-7(6-1-2-6)3-12-9-8-10(14-4-13-8)16-5-15-9/h4-7H,1-3H2,(H2,12,13,14,15,16). The maximum Gasteiger partial charge on any atom is 0.182 e. The molecule has 1 saturated carbocycles. The van der Waals surface area contributed by atoms with E-state index in [2.05, 4.69) is 25.3 Å². The largest absolute Gasteiger partial charge is 0.367 e. The van der Waals surface area contributed by atoms with Gasteiger partial charge in [0.2, 0.25) is 0 Å². The van der Waals surface area contributed by atoms with Crippen molar-refractivity contribution < 1.29 is 0 Å². The van der Waals surface area contributed by atoms with Crippen molar-refractivity contribution in [2.75, 3.05) is 11.9 Å². The van der Waals surface area contributed by atoms with Crippen molar-refractivity contribution in [1.82, 2.24) is 19.9 Å². The van der Waals surface area contributed by atoms with E-state index in [1.54, 1.807) is 6.33 Å². The molecule has 0 spiro atoms. The fourth-order valence-electron chi connectivity index (χ4n) is 1.72. The third kappa shape index (κ3) is 1.82. The molecule has 16 heavy (non-hydrogen) atoms. The molecular weight excluding hydrogens is 226 g/mol. The second-order valence-corrected chi connectivity index (χ2v) is 4.62. The summed E-state index contributed by atoms with van der Waals surface area (Å²) in [5.74, 6) is 1.45. The fourth-order valence-corrected chi connectivity index (χ4v) is 2.05. The summed E-state index contributed by atoms with van der Waals surface area (Å²) in [6, 6.07) is 0. The summed E-state index contributed by atoms with van der Waals surface area (Å²) < 4.78 is 0. The molecule has 2 aromatic rings. The Morgan fingerprint density at radius 3 is 3.12 bits per heavy atom. The van der Waals surface area contributed by atoms with Crippen LogP contribution in [0.1, 0.15) is 12.8 Å². The Kier molecular flexibility index (Phi) is 2.40. The van der Waals surface area contributed by atoms with E-state index in [0.717, 1.165) is 17.9 Å². The second-order valence-electron chi connectivity index (χ2n) is 4.06. The zero-order chi connectivity index (χ0) is 11.0. The lowest BCUT2D eigenvalue weighted by atomic mass is 10.3. The van der Waals surface area contributed by atoms with Gasteiger partial charge in [-0.15, -0.1) is 11.6 Å². The van der Waals surface area contributed by atoms with Crippen molar-refractivity contribution >= 4 is 28.6 Å². The van der Waals surface area contributed by atoms with Gasteiger partial charge in [-0.2, -0.15) is 0 Å². The number of rotatable bonds is 4. The number of nitrogens with one attached hydrogen (secondary N) is 2. The van der Waals surface area contributed by atoms with Gasteiger partial charge in [-0.3, -0.25) is 0 Å². The number of aromatic amines is 1. The first kappa shape index (κ1) is 9.84. The second kappa shape index (κ2) is 3.90. The first-order chi connectivity index (χ1) is 7.84. The number of nitrogens with zero attached hydrogens (tertiary/aromatic N) is 3. The van der Waals surface area contributed by atoms with Crippen molar-refractivity contribution in [3.05, 3.63) is 12.7 Å². The van der Waals surface area contributed by atoms with Crippen LogP contribution in [0.25, 0.3) is 11.2 Å². The van der Waals surface area contributed by atoms with Crippen molar-refractivity contribution in [3.63, 3.8) is 0 Å². The third-order valence-corrected chi connectivity index (χ3v) is 3.33. The number of H-pyrrole nitrogens is 1. The quantitative estimate of drug-likeness (QED) is 0.796. The lowest BCUT2D eigenvalue weighted by molar-refractivity contribution is 0.769. The molecule has 5 nitrogen and oxygen atoms in total. The van der Waals surface area contributed by atoms with Crippen LogP contribution >= 0.6 is 11.6 Å². The molecule has 1 fully saturated rings. The number of fused-ring (bicyclic) bond motifs is 1. The molecule has 1 unspecified atom stereocenters. The molecule has 6 heteroatoms. The fraction of sp³-hybridized carbons (Fsp3) is 0.500. The van der Waals surface area contributed by atoms with Gasteiger partial charge in [-0.1, -0.05) is 0 Å². The highest BCUT2D eigenvalue weighted by molar-refractivity contribution is 6.21. The zero-order valence-electron chi connectivity index (χ0n) is 8.65. The number of hydrogen-bond acceptors (Lipinski definition) is 4. The molecule has 3 rings (SSSR count). The van der Waals surface area contributed by atoms with E-state index < -0.39 is 0 Å². The Labute approximate surface area is 97.7 Å². The van der Waals surface area contributed by atoms with Gasteiger partial charge < -0.3 is 10.3 Å². The molecule has 0 radical (unpaired) electrons. The van der Waals surface area contributed by atoms with Gasteiger partial charge in [0.05, 0.1) is 11.7 Å². The van der Waals surface area contributed by atoms with E-state index in [1.807, 2.05) is 0 Å². The topological polar surface area (TPSA) is 66.5 Å². The Morgan fingerprint density at radius 1 is 1.44 bits per heavy atom. The van der Waals surface area contributed by atoms with E-state index in [9.17, 15) is 0 Å². The predicted molar refractivity (Wildman–Crippen MR) is 62.5 cm³/mol. The highest BCUT2D eigenvalue weighted by atomic mass is 35.5. The number of halogens is 1. The molecule has 84 valence electrons. The van der Waals surface area contributed by atoms with Crippen LogP contribution < -0.4 is 5.32 Å². The van der Waals surface area contributed by atoms with Crippen molar-refractivity contribution in [1.29, 1.82) is 0 Å². The van der Waals surface area contributed by atoms with Crippen LogP contribution in [0.2, 0.25) is 0 Å². The van der Waals surface area contributed by atoms with Gasteiger partial charge in [-0.05, 0) is 18.8 Å². The van der Waals surface area contributed by atoms with Crippen LogP contribution in [-0.2, 0) is 0 Å². The van der Waals surface area contributed by atoms with Crippen molar-refractivity contribution in [2.24, 2.45) is 5.92 Å². The zero-order valence-corrected chi connectivity index (χ0v) is 9.41. The number of aromatic nitrogens is 4. The molecule has 2 aromatic heterocycles. The lowest BCUT2D eigenvalue weighted by Crippen LogP contribution is -2.16. The van der Waals surface area contributed by atoms with Crippen LogP contribution in [0.3, 0.4) is 0 Å². The number of imidazole rings is 1. The molecule has 0 amide bonds.